The van der Waals surface area contributed by atoms with Gasteiger partial charge in [0.1, 0.15) is 5.75 Å². The van der Waals surface area contributed by atoms with Gasteiger partial charge in [0.05, 0.1) is 12.7 Å². The fraction of sp³-hybridized carbons (Fsp3) is 0.533. The number of rotatable bonds is 2. The number of anilines is 1. The highest BCUT2D eigenvalue weighted by Crippen LogP contribution is 2.26. The van der Waals surface area contributed by atoms with Crippen LogP contribution in [0.1, 0.15) is 23.2 Å². The molecule has 2 N–H and O–H groups in total. The molecular weight excluding hydrogens is 254 g/mol. The number of nitrogens with zero attached hydrogens (tertiary/aromatic N) is 2. The molecule has 5 heteroatoms. The summed E-state index contributed by atoms with van der Waals surface area (Å²) in [5, 5.41) is 0. The van der Waals surface area contributed by atoms with E-state index in [-0.39, 0.29) is 5.91 Å². The maximum Gasteiger partial charge on any atom is 0.257 e. The van der Waals surface area contributed by atoms with Crippen molar-refractivity contribution in [2.45, 2.75) is 18.9 Å². The van der Waals surface area contributed by atoms with Gasteiger partial charge in [-0.25, -0.2) is 0 Å². The zero-order valence-corrected chi connectivity index (χ0v) is 11.8. The third-order valence-electron chi connectivity index (χ3n) is 4.33. The zero-order valence-electron chi connectivity index (χ0n) is 11.8. The second-order valence-corrected chi connectivity index (χ2v) is 5.54. The standard InChI is InChI=1S/C15H21N3O2/c1-20-14-5-4-11(16)9-13(14)15(19)18-8-7-17-6-2-3-12(17)10-18/h4-5,9,12H,2-3,6-8,10,16H2,1H3. The van der Waals surface area contributed by atoms with Crippen molar-refractivity contribution >= 4 is 11.6 Å². The Morgan fingerprint density at radius 1 is 1.35 bits per heavy atom. The summed E-state index contributed by atoms with van der Waals surface area (Å²) >= 11 is 0. The number of benzene rings is 1. The van der Waals surface area contributed by atoms with Gasteiger partial charge >= 0.3 is 0 Å². The third kappa shape index (κ3) is 2.33. The zero-order chi connectivity index (χ0) is 14.1. The van der Waals surface area contributed by atoms with Crippen molar-refractivity contribution in [3.8, 4) is 5.75 Å². The van der Waals surface area contributed by atoms with E-state index in [1.807, 2.05) is 4.90 Å². The van der Waals surface area contributed by atoms with Gasteiger partial charge in [-0.1, -0.05) is 0 Å². The third-order valence-corrected chi connectivity index (χ3v) is 4.33. The molecule has 2 aliphatic rings. The number of amides is 1. The number of nitrogen functional groups attached to an aromatic ring is 1. The van der Waals surface area contributed by atoms with Crippen molar-refractivity contribution in [3.63, 3.8) is 0 Å². The van der Waals surface area contributed by atoms with Gasteiger partial charge in [-0.05, 0) is 37.6 Å². The molecular formula is C15H21N3O2. The summed E-state index contributed by atoms with van der Waals surface area (Å²) in [6.07, 6.45) is 2.44. The maximum absolute atomic E-state index is 12.7. The molecule has 1 amide bonds. The van der Waals surface area contributed by atoms with Crippen LogP contribution in [0.15, 0.2) is 18.2 Å². The number of piperazine rings is 1. The molecule has 2 saturated heterocycles. The minimum absolute atomic E-state index is 0.0284. The molecule has 1 unspecified atom stereocenters. The van der Waals surface area contributed by atoms with E-state index in [0.29, 0.717) is 23.0 Å². The van der Waals surface area contributed by atoms with Crippen molar-refractivity contribution in [3.05, 3.63) is 23.8 Å². The first kappa shape index (κ1) is 13.2. The van der Waals surface area contributed by atoms with E-state index < -0.39 is 0 Å². The topological polar surface area (TPSA) is 58.8 Å². The number of carbonyl (C=O) groups excluding carboxylic acids is 1. The Balaban J connectivity index is 1.80. The lowest BCUT2D eigenvalue weighted by Gasteiger charge is -2.37. The number of hydrogen-bond donors (Lipinski definition) is 1. The first-order valence-electron chi connectivity index (χ1n) is 7.16. The van der Waals surface area contributed by atoms with Crippen LogP contribution in [0.3, 0.4) is 0 Å². The normalized spacial score (nSPS) is 22.6. The van der Waals surface area contributed by atoms with Gasteiger partial charge in [-0.15, -0.1) is 0 Å². The molecule has 2 heterocycles. The van der Waals surface area contributed by atoms with Gasteiger partial charge < -0.3 is 15.4 Å². The van der Waals surface area contributed by atoms with E-state index in [1.54, 1.807) is 25.3 Å². The van der Waals surface area contributed by atoms with Crippen LogP contribution in [0.2, 0.25) is 0 Å². The van der Waals surface area contributed by atoms with Crippen molar-refractivity contribution in [1.82, 2.24) is 9.80 Å². The minimum atomic E-state index is 0.0284. The van der Waals surface area contributed by atoms with E-state index in [4.69, 9.17) is 10.5 Å². The smallest absolute Gasteiger partial charge is 0.257 e. The molecule has 5 nitrogen and oxygen atoms in total. The number of methoxy groups -OCH3 is 1. The van der Waals surface area contributed by atoms with Crippen LogP contribution >= 0.6 is 0 Å². The van der Waals surface area contributed by atoms with E-state index in [9.17, 15) is 4.79 Å². The predicted molar refractivity (Wildman–Crippen MR) is 77.9 cm³/mol. The molecule has 1 aromatic rings. The molecule has 0 aliphatic carbocycles. The Hall–Kier alpha value is -1.75. The molecule has 2 aliphatic heterocycles. The predicted octanol–water partition coefficient (Wildman–Crippen LogP) is 1.20. The van der Waals surface area contributed by atoms with Crippen molar-refractivity contribution in [2.75, 3.05) is 39.0 Å². The largest absolute Gasteiger partial charge is 0.496 e. The molecule has 2 fully saturated rings. The molecule has 0 spiro atoms. The van der Waals surface area contributed by atoms with Gasteiger partial charge in [0, 0.05) is 31.4 Å². The van der Waals surface area contributed by atoms with E-state index in [1.165, 1.54) is 19.4 Å². The lowest BCUT2D eigenvalue weighted by atomic mass is 10.1. The molecule has 20 heavy (non-hydrogen) atoms. The number of fused-ring (bicyclic) bond motifs is 1. The fourth-order valence-electron chi connectivity index (χ4n) is 3.24. The van der Waals surface area contributed by atoms with Gasteiger partial charge in [-0.3, -0.25) is 9.69 Å². The molecule has 108 valence electrons. The first-order valence-corrected chi connectivity index (χ1v) is 7.16. The Kier molecular flexibility index (Phi) is 3.53. The quantitative estimate of drug-likeness (QED) is 0.824. The summed E-state index contributed by atoms with van der Waals surface area (Å²) in [7, 11) is 1.58. The van der Waals surface area contributed by atoms with Crippen LogP contribution < -0.4 is 10.5 Å². The highest BCUT2D eigenvalue weighted by Gasteiger charge is 2.33. The van der Waals surface area contributed by atoms with E-state index in [0.717, 1.165) is 19.6 Å². The minimum Gasteiger partial charge on any atom is -0.496 e. The van der Waals surface area contributed by atoms with Gasteiger partial charge in [0.2, 0.25) is 0 Å². The van der Waals surface area contributed by atoms with Crippen LogP contribution in [0.4, 0.5) is 5.69 Å². The maximum atomic E-state index is 12.7. The van der Waals surface area contributed by atoms with Crippen molar-refractivity contribution < 1.29 is 9.53 Å². The summed E-state index contributed by atoms with van der Waals surface area (Å²) in [6, 6.07) is 5.75. The summed E-state index contributed by atoms with van der Waals surface area (Å²) in [5.74, 6) is 0.624. The lowest BCUT2D eigenvalue weighted by molar-refractivity contribution is 0.0568. The van der Waals surface area contributed by atoms with E-state index >= 15 is 0 Å². The molecule has 0 bridgehead atoms. The van der Waals surface area contributed by atoms with Crippen molar-refractivity contribution in [1.29, 1.82) is 0 Å². The second kappa shape index (κ2) is 5.32. The fourth-order valence-corrected chi connectivity index (χ4v) is 3.24. The van der Waals surface area contributed by atoms with Crippen molar-refractivity contribution in [2.24, 2.45) is 0 Å². The highest BCUT2D eigenvalue weighted by molar-refractivity contribution is 5.98. The van der Waals surface area contributed by atoms with E-state index in [2.05, 4.69) is 4.90 Å². The summed E-state index contributed by atoms with van der Waals surface area (Å²) < 4.78 is 5.29. The molecule has 0 radical (unpaired) electrons. The average Bonchev–Trinajstić information content (AvgIpc) is 2.93. The van der Waals surface area contributed by atoms with Gasteiger partial charge in [0.25, 0.3) is 5.91 Å². The monoisotopic (exact) mass is 275 g/mol. The van der Waals surface area contributed by atoms with Crippen LogP contribution in [0, 0.1) is 0 Å². The number of hydrogen-bond acceptors (Lipinski definition) is 4. The Morgan fingerprint density at radius 3 is 3.00 bits per heavy atom. The first-order chi connectivity index (χ1) is 9.69. The van der Waals surface area contributed by atoms with Gasteiger partial charge in [-0.2, -0.15) is 0 Å². The number of nitrogens with two attached hydrogens (primary N) is 1. The second-order valence-electron chi connectivity index (χ2n) is 5.54. The average molecular weight is 275 g/mol. The molecule has 1 atom stereocenters. The molecule has 0 saturated carbocycles. The summed E-state index contributed by atoms with van der Waals surface area (Å²) in [6.45, 7) is 3.75. The van der Waals surface area contributed by atoms with Gasteiger partial charge in [0.15, 0.2) is 0 Å². The number of carbonyl (C=O) groups is 1. The molecule has 1 aromatic carbocycles. The Bertz CT molecular complexity index is 518. The van der Waals surface area contributed by atoms with Crippen LogP contribution in [-0.4, -0.2) is 55.0 Å². The summed E-state index contributed by atoms with van der Waals surface area (Å²) in [4.78, 5) is 17.1. The molecule has 0 aromatic heterocycles. The SMILES string of the molecule is COc1ccc(N)cc1C(=O)N1CCN2CCCC2C1. The van der Waals surface area contributed by atoms with Crippen LogP contribution in [0.25, 0.3) is 0 Å². The highest BCUT2D eigenvalue weighted by atomic mass is 16.5. The summed E-state index contributed by atoms with van der Waals surface area (Å²) in [5.41, 5.74) is 6.96. The Labute approximate surface area is 119 Å². The van der Waals surface area contributed by atoms with Crippen LogP contribution in [0.5, 0.6) is 5.75 Å². The lowest BCUT2D eigenvalue weighted by Crippen LogP contribution is -2.52. The number of ether oxygens (including phenoxy) is 1. The van der Waals surface area contributed by atoms with Crippen LogP contribution in [-0.2, 0) is 0 Å². The Morgan fingerprint density at radius 2 is 2.20 bits per heavy atom. The molecule has 3 rings (SSSR count).